The van der Waals surface area contributed by atoms with Gasteiger partial charge < -0.3 is 11.5 Å². The number of anilines is 2. The Morgan fingerprint density at radius 1 is 1.16 bits per heavy atom. The lowest BCUT2D eigenvalue weighted by Crippen LogP contribution is -2.07. The second-order valence-corrected chi connectivity index (χ2v) is 5.59. The maximum absolute atomic E-state index is 6.13. The molecule has 0 atom stereocenters. The summed E-state index contributed by atoms with van der Waals surface area (Å²) in [6.45, 7) is 2.03. The molecule has 4 N–H and O–H groups in total. The zero-order valence-corrected chi connectivity index (χ0v) is 12.1. The average Bonchev–Trinajstić information content (AvgIpc) is 2.36. The maximum atomic E-state index is 6.13. The second kappa shape index (κ2) is 6.12. The molecule has 2 aromatic rings. The van der Waals surface area contributed by atoms with Crippen LogP contribution in [0.1, 0.15) is 18.1 Å². The Labute approximate surface area is 121 Å². The molecule has 0 saturated heterocycles. The lowest BCUT2D eigenvalue weighted by Gasteiger charge is -2.10. The third-order valence-corrected chi connectivity index (χ3v) is 3.75. The molecule has 0 aliphatic carbocycles. The molecule has 2 rings (SSSR count). The number of hydrogen-bond donors (Lipinski definition) is 2. The zero-order valence-electron chi connectivity index (χ0n) is 10.6. The van der Waals surface area contributed by atoms with E-state index in [9.17, 15) is 0 Å². The quantitative estimate of drug-likeness (QED) is 0.669. The number of aromatic nitrogens is 2. The number of thioether (sulfide) groups is 1. The third kappa shape index (κ3) is 3.30. The van der Waals surface area contributed by atoms with Crippen molar-refractivity contribution in [1.29, 1.82) is 0 Å². The van der Waals surface area contributed by atoms with Crippen LogP contribution in [0.15, 0.2) is 29.4 Å². The van der Waals surface area contributed by atoms with Crippen molar-refractivity contribution in [3.8, 4) is 0 Å². The van der Waals surface area contributed by atoms with Gasteiger partial charge in [-0.05, 0) is 17.4 Å². The molecule has 1 aromatic heterocycles. The van der Waals surface area contributed by atoms with Crippen LogP contribution in [0.4, 0.5) is 11.6 Å². The van der Waals surface area contributed by atoms with Gasteiger partial charge in [-0.3, -0.25) is 0 Å². The third-order valence-electron chi connectivity index (χ3n) is 2.65. The first-order chi connectivity index (χ1) is 9.11. The van der Waals surface area contributed by atoms with Gasteiger partial charge in [0, 0.05) is 17.0 Å². The molecule has 0 amide bonds. The molecule has 0 aliphatic rings. The minimum absolute atomic E-state index is 0.420. The van der Waals surface area contributed by atoms with Crippen LogP contribution in [0.5, 0.6) is 0 Å². The second-order valence-electron chi connectivity index (χ2n) is 3.96. The summed E-state index contributed by atoms with van der Waals surface area (Å²) in [5.74, 6) is 1.72. The van der Waals surface area contributed by atoms with Gasteiger partial charge >= 0.3 is 0 Å². The summed E-state index contributed by atoms with van der Waals surface area (Å²) >= 11 is 7.65. The van der Waals surface area contributed by atoms with E-state index in [2.05, 4.69) is 9.97 Å². The fourth-order valence-corrected chi connectivity index (χ4v) is 2.49. The van der Waals surface area contributed by atoms with Crippen LogP contribution in [-0.2, 0) is 6.42 Å². The Kier molecular flexibility index (Phi) is 4.50. The Morgan fingerprint density at radius 2 is 1.79 bits per heavy atom. The summed E-state index contributed by atoms with van der Waals surface area (Å²) in [5, 5.41) is 1.30. The summed E-state index contributed by atoms with van der Waals surface area (Å²) in [4.78, 5) is 8.51. The van der Waals surface area contributed by atoms with Crippen LogP contribution >= 0.6 is 23.4 Å². The lowest BCUT2D eigenvalue weighted by molar-refractivity contribution is 0.955. The van der Waals surface area contributed by atoms with E-state index in [1.165, 1.54) is 11.8 Å². The van der Waals surface area contributed by atoms with Crippen LogP contribution in [-0.4, -0.2) is 15.7 Å². The molecule has 0 aliphatic heterocycles. The van der Waals surface area contributed by atoms with Crippen molar-refractivity contribution in [3.05, 3.63) is 40.4 Å². The highest BCUT2D eigenvalue weighted by Gasteiger charge is 2.12. The molecule has 4 nitrogen and oxygen atoms in total. The van der Waals surface area contributed by atoms with E-state index in [4.69, 9.17) is 23.1 Å². The molecule has 1 aromatic carbocycles. The first-order valence-electron chi connectivity index (χ1n) is 5.90. The van der Waals surface area contributed by atoms with Gasteiger partial charge in [0.1, 0.15) is 11.6 Å². The minimum atomic E-state index is 0.420. The van der Waals surface area contributed by atoms with Crippen molar-refractivity contribution in [2.45, 2.75) is 18.5 Å². The lowest BCUT2D eigenvalue weighted by atomic mass is 10.1. The molecule has 0 spiro atoms. The maximum Gasteiger partial charge on any atom is 0.191 e. The van der Waals surface area contributed by atoms with Gasteiger partial charge in [-0.2, -0.15) is 0 Å². The number of nitrogen functional groups attached to an aromatic ring is 2. The van der Waals surface area contributed by atoms with Crippen molar-refractivity contribution >= 4 is 35.0 Å². The molecule has 19 heavy (non-hydrogen) atoms. The van der Waals surface area contributed by atoms with Crippen LogP contribution < -0.4 is 11.5 Å². The van der Waals surface area contributed by atoms with Gasteiger partial charge in [-0.15, -0.1) is 0 Å². The smallest absolute Gasteiger partial charge is 0.191 e. The van der Waals surface area contributed by atoms with Crippen LogP contribution in [0, 0.1) is 0 Å². The van der Waals surface area contributed by atoms with Crippen molar-refractivity contribution in [1.82, 2.24) is 9.97 Å². The summed E-state index contributed by atoms with van der Waals surface area (Å²) in [7, 11) is 0. The van der Waals surface area contributed by atoms with E-state index in [0.29, 0.717) is 28.2 Å². The number of halogens is 1. The summed E-state index contributed by atoms with van der Waals surface area (Å²) in [5.41, 5.74) is 13.6. The van der Waals surface area contributed by atoms with Gasteiger partial charge in [-0.1, -0.05) is 48.5 Å². The van der Waals surface area contributed by atoms with Crippen molar-refractivity contribution in [2.75, 3.05) is 17.2 Å². The zero-order chi connectivity index (χ0) is 13.8. The van der Waals surface area contributed by atoms with E-state index in [-0.39, 0.29) is 0 Å². The molecule has 0 bridgehead atoms. The van der Waals surface area contributed by atoms with Crippen molar-refractivity contribution in [2.24, 2.45) is 0 Å². The first kappa shape index (κ1) is 14.0. The highest BCUT2D eigenvalue weighted by Crippen LogP contribution is 2.26. The summed E-state index contributed by atoms with van der Waals surface area (Å²) in [6, 6.07) is 7.59. The number of rotatable bonds is 4. The number of nitrogens with two attached hydrogens (primary N) is 2. The normalized spacial score (nSPS) is 10.6. The van der Waals surface area contributed by atoms with Crippen LogP contribution in [0.3, 0.4) is 0 Å². The Balaban J connectivity index is 2.33. The fraction of sp³-hybridized carbons (Fsp3) is 0.231. The van der Waals surface area contributed by atoms with E-state index in [1.54, 1.807) is 0 Å². The molecular formula is C13H15ClN4S. The number of nitrogens with zero attached hydrogens (tertiary/aromatic N) is 2. The fourth-order valence-electron chi connectivity index (χ4n) is 1.70. The van der Waals surface area contributed by atoms with Crippen molar-refractivity contribution in [3.63, 3.8) is 0 Å². The van der Waals surface area contributed by atoms with Gasteiger partial charge in [-0.25, -0.2) is 9.97 Å². The number of hydrogen-bond acceptors (Lipinski definition) is 5. The Bertz CT molecular complexity index is 566. The van der Waals surface area contributed by atoms with Crippen LogP contribution in [0.25, 0.3) is 0 Å². The monoisotopic (exact) mass is 294 g/mol. The molecule has 1 heterocycles. The van der Waals surface area contributed by atoms with E-state index in [1.807, 2.05) is 31.2 Å². The Hall–Kier alpha value is -1.46. The van der Waals surface area contributed by atoms with Crippen molar-refractivity contribution < 1.29 is 0 Å². The largest absolute Gasteiger partial charge is 0.383 e. The van der Waals surface area contributed by atoms with Gasteiger partial charge in [0.15, 0.2) is 5.16 Å². The molecule has 100 valence electrons. The predicted molar refractivity (Wildman–Crippen MR) is 81.5 cm³/mol. The molecule has 0 radical (unpaired) electrons. The highest BCUT2D eigenvalue weighted by atomic mass is 35.5. The molecule has 6 heteroatoms. The SMILES string of the molecule is CCSc1nc(N)c(Cc2ccccc2Cl)c(N)n1. The van der Waals surface area contributed by atoms with Gasteiger partial charge in [0.05, 0.1) is 0 Å². The highest BCUT2D eigenvalue weighted by molar-refractivity contribution is 7.99. The predicted octanol–water partition coefficient (Wildman–Crippen LogP) is 3.00. The topological polar surface area (TPSA) is 77.8 Å². The molecule has 0 fully saturated rings. The first-order valence-corrected chi connectivity index (χ1v) is 7.26. The molecule has 0 saturated carbocycles. The molecule has 0 unspecified atom stereocenters. The summed E-state index contributed by atoms with van der Waals surface area (Å²) in [6.07, 6.45) is 0.536. The van der Waals surface area contributed by atoms with Gasteiger partial charge in [0.2, 0.25) is 0 Å². The molecular weight excluding hydrogens is 280 g/mol. The Morgan fingerprint density at radius 3 is 2.37 bits per heavy atom. The van der Waals surface area contributed by atoms with Crippen LogP contribution in [0.2, 0.25) is 5.02 Å². The number of benzene rings is 1. The minimum Gasteiger partial charge on any atom is -0.383 e. The van der Waals surface area contributed by atoms with E-state index >= 15 is 0 Å². The van der Waals surface area contributed by atoms with E-state index < -0.39 is 0 Å². The summed E-state index contributed by atoms with van der Waals surface area (Å²) < 4.78 is 0. The standard InChI is InChI=1S/C13H15ClN4S/c1-2-19-13-17-11(15)9(12(16)18-13)7-8-5-3-4-6-10(8)14/h3-6H,2,7H2,1H3,(H4,15,16,17,18). The van der Waals surface area contributed by atoms with Gasteiger partial charge in [0.25, 0.3) is 0 Å². The average molecular weight is 295 g/mol. The van der Waals surface area contributed by atoms with E-state index in [0.717, 1.165) is 16.9 Å².